The predicted molar refractivity (Wildman–Crippen MR) is 70.8 cm³/mol. The molecule has 0 saturated carbocycles. The molecule has 0 aromatic carbocycles. The van der Waals surface area contributed by atoms with Gasteiger partial charge in [0.05, 0.1) is 0 Å². The SMILES string of the molecule is CC(C)n1ccnc1C(=O)C[C@H](C)c1ccc[nH]1. The fraction of sp³-hybridized carbons (Fsp3) is 0.429. The van der Waals surface area contributed by atoms with Crippen LogP contribution in [0.15, 0.2) is 30.7 Å². The number of imidazole rings is 1. The van der Waals surface area contributed by atoms with E-state index >= 15 is 0 Å². The van der Waals surface area contributed by atoms with E-state index in [1.165, 1.54) is 0 Å². The Bertz CT molecular complexity index is 511. The van der Waals surface area contributed by atoms with Crippen molar-refractivity contribution in [3.05, 3.63) is 42.2 Å². The third kappa shape index (κ3) is 2.53. The van der Waals surface area contributed by atoms with Crippen molar-refractivity contribution in [1.29, 1.82) is 0 Å². The van der Waals surface area contributed by atoms with Gasteiger partial charge in [-0.1, -0.05) is 6.92 Å². The molecular formula is C14H19N3O. The zero-order chi connectivity index (χ0) is 13.1. The number of ketones is 1. The summed E-state index contributed by atoms with van der Waals surface area (Å²) < 4.78 is 1.92. The molecule has 2 rings (SSSR count). The van der Waals surface area contributed by atoms with Crippen LogP contribution in [0.2, 0.25) is 0 Å². The Balaban J connectivity index is 2.10. The molecule has 0 fully saturated rings. The number of aromatic amines is 1. The molecule has 2 aromatic rings. The smallest absolute Gasteiger partial charge is 0.198 e. The summed E-state index contributed by atoms with van der Waals surface area (Å²) in [5, 5.41) is 0. The van der Waals surface area contributed by atoms with Crippen LogP contribution >= 0.6 is 0 Å². The van der Waals surface area contributed by atoms with Crippen molar-refractivity contribution in [2.45, 2.75) is 39.2 Å². The van der Waals surface area contributed by atoms with Crippen LogP contribution in [0.5, 0.6) is 0 Å². The van der Waals surface area contributed by atoms with E-state index in [0.717, 1.165) is 5.69 Å². The van der Waals surface area contributed by atoms with Crippen LogP contribution in [0.4, 0.5) is 0 Å². The summed E-state index contributed by atoms with van der Waals surface area (Å²) in [4.78, 5) is 19.6. The van der Waals surface area contributed by atoms with Crippen LogP contribution in [0, 0.1) is 0 Å². The number of rotatable bonds is 5. The van der Waals surface area contributed by atoms with Gasteiger partial charge in [-0.3, -0.25) is 4.79 Å². The Labute approximate surface area is 107 Å². The molecular weight excluding hydrogens is 226 g/mol. The monoisotopic (exact) mass is 245 g/mol. The van der Waals surface area contributed by atoms with E-state index in [2.05, 4.69) is 9.97 Å². The van der Waals surface area contributed by atoms with Crippen LogP contribution in [0.25, 0.3) is 0 Å². The fourth-order valence-corrected chi connectivity index (χ4v) is 2.08. The lowest BCUT2D eigenvalue weighted by atomic mass is 10.0. The quantitative estimate of drug-likeness (QED) is 0.822. The molecule has 0 aliphatic carbocycles. The summed E-state index contributed by atoms with van der Waals surface area (Å²) in [7, 11) is 0. The molecule has 2 aromatic heterocycles. The summed E-state index contributed by atoms with van der Waals surface area (Å²) in [6.07, 6.45) is 5.90. The first-order chi connectivity index (χ1) is 8.59. The number of carbonyl (C=O) groups is 1. The van der Waals surface area contributed by atoms with Gasteiger partial charge in [0.1, 0.15) is 0 Å². The zero-order valence-corrected chi connectivity index (χ0v) is 11.1. The molecule has 96 valence electrons. The van der Waals surface area contributed by atoms with E-state index < -0.39 is 0 Å². The van der Waals surface area contributed by atoms with Crippen LogP contribution in [-0.2, 0) is 0 Å². The second-order valence-electron chi connectivity index (χ2n) is 4.91. The maximum Gasteiger partial charge on any atom is 0.198 e. The fourth-order valence-electron chi connectivity index (χ4n) is 2.08. The molecule has 0 spiro atoms. The van der Waals surface area contributed by atoms with E-state index in [1.807, 2.05) is 49.9 Å². The van der Waals surface area contributed by atoms with Crippen molar-refractivity contribution in [3.63, 3.8) is 0 Å². The van der Waals surface area contributed by atoms with E-state index in [-0.39, 0.29) is 17.7 Å². The number of nitrogens with zero attached hydrogens (tertiary/aromatic N) is 2. The van der Waals surface area contributed by atoms with E-state index in [9.17, 15) is 4.79 Å². The van der Waals surface area contributed by atoms with Gasteiger partial charge < -0.3 is 9.55 Å². The number of H-pyrrole nitrogens is 1. The van der Waals surface area contributed by atoms with Gasteiger partial charge >= 0.3 is 0 Å². The maximum atomic E-state index is 12.2. The molecule has 0 bridgehead atoms. The average molecular weight is 245 g/mol. The van der Waals surface area contributed by atoms with Gasteiger partial charge in [-0.2, -0.15) is 0 Å². The van der Waals surface area contributed by atoms with Crippen molar-refractivity contribution in [3.8, 4) is 0 Å². The van der Waals surface area contributed by atoms with Crippen molar-refractivity contribution in [2.75, 3.05) is 0 Å². The molecule has 0 amide bonds. The molecule has 0 aliphatic heterocycles. The topological polar surface area (TPSA) is 50.7 Å². The molecule has 1 atom stereocenters. The molecule has 0 radical (unpaired) electrons. The molecule has 0 unspecified atom stereocenters. The van der Waals surface area contributed by atoms with Crippen LogP contribution in [-0.4, -0.2) is 20.3 Å². The highest BCUT2D eigenvalue weighted by Crippen LogP contribution is 2.20. The molecule has 4 nitrogen and oxygen atoms in total. The number of aromatic nitrogens is 3. The number of carbonyl (C=O) groups excluding carboxylic acids is 1. The normalized spacial score (nSPS) is 12.9. The third-order valence-corrected chi connectivity index (χ3v) is 3.12. The van der Waals surface area contributed by atoms with Crippen molar-refractivity contribution >= 4 is 5.78 Å². The summed E-state index contributed by atoms with van der Waals surface area (Å²) in [5.74, 6) is 0.837. The van der Waals surface area contributed by atoms with Gasteiger partial charge in [0.2, 0.25) is 0 Å². The molecule has 2 heterocycles. The number of hydrogen-bond acceptors (Lipinski definition) is 2. The lowest BCUT2D eigenvalue weighted by molar-refractivity contribution is 0.0959. The Morgan fingerprint density at radius 3 is 2.83 bits per heavy atom. The Hall–Kier alpha value is -1.84. The second-order valence-corrected chi connectivity index (χ2v) is 4.91. The molecule has 4 heteroatoms. The maximum absolute atomic E-state index is 12.2. The van der Waals surface area contributed by atoms with Gasteiger partial charge in [0.25, 0.3) is 0 Å². The molecule has 0 saturated heterocycles. The standard InChI is InChI=1S/C14H19N3O/c1-10(2)17-8-7-16-14(17)13(18)9-11(3)12-5-4-6-15-12/h4-8,10-11,15H,9H2,1-3H3/t11-/m0/s1. The van der Waals surface area contributed by atoms with Crippen molar-refractivity contribution in [2.24, 2.45) is 0 Å². The van der Waals surface area contributed by atoms with Gasteiger partial charge in [-0.15, -0.1) is 0 Å². The highest BCUT2D eigenvalue weighted by atomic mass is 16.1. The Morgan fingerprint density at radius 2 is 2.22 bits per heavy atom. The predicted octanol–water partition coefficient (Wildman–Crippen LogP) is 3.17. The van der Waals surface area contributed by atoms with Crippen LogP contribution in [0.3, 0.4) is 0 Å². The van der Waals surface area contributed by atoms with Crippen molar-refractivity contribution < 1.29 is 4.79 Å². The average Bonchev–Trinajstić information content (AvgIpc) is 3.00. The number of Topliss-reactive ketones (excluding diaryl/α,β-unsaturated/α-hetero) is 1. The largest absolute Gasteiger partial charge is 0.365 e. The van der Waals surface area contributed by atoms with Gasteiger partial charge in [-0.25, -0.2) is 4.98 Å². The van der Waals surface area contributed by atoms with Gasteiger partial charge in [-0.05, 0) is 26.0 Å². The van der Waals surface area contributed by atoms with E-state index in [4.69, 9.17) is 0 Å². The summed E-state index contributed by atoms with van der Waals surface area (Å²) >= 11 is 0. The third-order valence-electron chi connectivity index (χ3n) is 3.12. The Kier molecular flexibility index (Phi) is 3.65. The first kappa shape index (κ1) is 12.6. The van der Waals surface area contributed by atoms with Crippen molar-refractivity contribution in [1.82, 2.24) is 14.5 Å². The Morgan fingerprint density at radius 1 is 1.44 bits per heavy atom. The van der Waals surface area contributed by atoms with Gasteiger partial charge in [0, 0.05) is 42.7 Å². The number of nitrogens with one attached hydrogen (secondary N) is 1. The highest BCUT2D eigenvalue weighted by Gasteiger charge is 2.18. The van der Waals surface area contributed by atoms with Crippen LogP contribution < -0.4 is 0 Å². The molecule has 18 heavy (non-hydrogen) atoms. The first-order valence-corrected chi connectivity index (χ1v) is 6.29. The lowest BCUT2D eigenvalue weighted by Gasteiger charge is -2.12. The minimum atomic E-state index is 0.0933. The minimum absolute atomic E-state index is 0.0933. The summed E-state index contributed by atoms with van der Waals surface area (Å²) in [6, 6.07) is 4.21. The molecule has 1 N–H and O–H groups in total. The molecule has 0 aliphatic rings. The first-order valence-electron chi connectivity index (χ1n) is 6.29. The number of hydrogen-bond donors (Lipinski definition) is 1. The second kappa shape index (κ2) is 5.21. The zero-order valence-electron chi connectivity index (χ0n) is 11.1. The highest BCUT2D eigenvalue weighted by molar-refractivity contribution is 5.93. The van der Waals surface area contributed by atoms with E-state index in [0.29, 0.717) is 12.2 Å². The summed E-state index contributed by atoms with van der Waals surface area (Å²) in [5.41, 5.74) is 1.09. The van der Waals surface area contributed by atoms with Crippen LogP contribution in [0.1, 0.15) is 55.5 Å². The van der Waals surface area contributed by atoms with E-state index in [1.54, 1.807) is 6.20 Å². The minimum Gasteiger partial charge on any atom is -0.365 e. The van der Waals surface area contributed by atoms with Gasteiger partial charge in [0.15, 0.2) is 11.6 Å². The lowest BCUT2D eigenvalue weighted by Crippen LogP contribution is -2.14. The summed E-state index contributed by atoms with van der Waals surface area (Å²) in [6.45, 7) is 6.14.